The van der Waals surface area contributed by atoms with Crippen LogP contribution in [0.5, 0.6) is 0 Å². The van der Waals surface area contributed by atoms with Crippen LogP contribution in [0, 0.1) is 5.41 Å². The van der Waals surface area contributed by atoms with Crippen LogP contribution in [0.3, 0.4) is 0 Å². The van der Waals surface area contributed by atoms with Crippen LogP contribution in [0.25, 0.3) is 0 Å². The molecule has 0 saturated heterocycles. The van der Waals surface area contributed by atoms with Gasteiger partial charge in [-0.25, -0.2) is 4.72 Å². The van der Waals surface area contributed by atoms with E-state index >= 15 is 0 Å². The second-order valence-corrected chi connectivity index (χ2v) is 4.38. The van der Waals surface area contributed by atoms with Gasteiger partial charge < -0.3 is 9.35 Å². The molecule has 12 heavy (non-hydrogen) atoms. The van der Waals surface area contributed by atoms with E-state index in [1.807, 2.05) is 20.8 Å². The molecule has 5 heteroatoms. The van der Waals surface area contributed by atoms with Crippen molar-refractivity contribution in [1.29, 1.82) is 0 Å². The van der Waals surface area contributed by atoms with Crippen molar-refractivity contribution in [3.05, 3.63) is 0 Å². The van der Waals surface area contributed by atoms with E-state index in [0.717, 1.165) is 6.29 Å². The van der Waals surface area contributed by atoms with Crippen LogP contribution < -0.4 is 4.72 Å². The molecule has 0 spiro atoms. The Morgan fingerprint density at radius 3 is 2.33 bits per heavy atom. The Labute approximate surface area is 75.2 Å². The highest BCUT2D eigenvalue weighted by Crippen LogP contribution is 2.20. The average Bonchev–Trinajstić information content (AvgIpc) is 1.83. The van der Waals surface area contributed by atoms with Gasteiger partial charge in [0.25, 0.3) is 0 Å². The normalized spacial score (nSPS) is 17.0. The Bertz CT molecular complexity index is 176. The second-order valence-electron chi connectivity index (χ2n) is 3.67. The molecule has 1 N–H and O–H groups in total. The molecular weight excluding hydrogens is 178 g/mol. The summed E-state index contributed by atoms with van der Waals surface area (Å²) in [4.78, 5) is 10.2. The summed E-state index contributed by atoms with van der Waals surface area (Å²) >= 11 is -2.30. The Morgan fingerprint density at radius 2 is 2.08 bits per heavy atom. The summed E-state index contributed by atoms with van der Waals surface area (Å²) < 4.78 is 22.9. The standard InChI is InChI=1S/C7H15NO3S/c1-7(2,3)6(4-5-9)8-12(10)11/h5-6,8H,4H2,1-3H3,(H,10,11)/p-1. The van der Waals surface area contributed by atoms with Crippen molar-refractivity contribution in [3.63, 3.8) is 0 Å². The van der Waals surface area contributed by atoms with Gasteiger partial charge in [0.05, 0.1) is 0 Å². The van der Waals surface area contributed by atoms with Gasteiger partial charge in [-0.15, -0.1) is 0 Å². The third kappa shape index (κ3) is 4.58. The molecule has 0 fully saturated rings. The predicted molar refractivity (Wildman–Crippen MR) is 46.0 cm³/mol. The van der Waals surface area contributed by atoms with E-state index in [4.69, 9.17) is 0 Å². The molecule has 0 aromatic heterocycles. The highest BCUT2D eigenvalue weighted by Gasteiger charge is 2.23. The minimum Gasteiger partial charge on any atom is -0.760 e. The van der Waals surface area contributed by atoms with Crippen LogP contribution in [0.4, 0.5) is 0 Å². The molecule has 2 unspecified atom stereocenters. The SMILES string of the molecule is CC(C)(C)C(CC=O)NS(=O)[O-]. The van der Waals surface area contributed by atoms with Gasteiger partial charge in [-0.2, -0.15) is 0 Å². The summed E-state index contributed by atoms with van der Waals surface area (Å²) in [5, 5.41) is 0. The first-order chi connectivity index (χ1) is 5.38. The molecular formula is C7H14NO3S-. The zero-order chi connectivity index (χ0) is 9.78. The lowest BCUT2D eigenvalue weighted by molar-refractivity contribution is -0.108. The number of nitrogens with one attached hydrogen (secondary N) is 1. The van der Waals surface area contributed by atoms with Gasteiger partial charge in [0, 0.05) is 23.7 Å². The molecule has 0 rings (SSSR count). The molecule has 72 valence electrons. The molecule has 0 aliphatic carbocycles. The zero-order valence-electron chi connectivity index (χ0n) is 7.49. The smallest absolute Gasteiger partial charge is 0.121 e. The maximum Gasteiger partial charge on any atom is 0.121 e. The molecule has 0 saturated carbocycles. The minimum atomic E-state index is -2.30. The van der Waals surface area contributed by atoms with Crippen molar-refractivity contribution in [2.24, 2.45) is 5.41 Å². The molecule has 0 aromatic rings. The number of aldehydes is 1. The summed E-state index contributed by atoms with van der Waals surface area (Å²) in [5.74, 6) is 0. The first-order valence-corrected chi connectivity index (χ1v) is 4.74. The van der Waals surface area contributed by atoms with E-state index in [1.165, 1.54) is 0 Å². The fraction of sp³-hybridized carbons (Fsp3) is 0.857. The molecule has 0 aliphatic rings. The van der Waals surface area contributed by atoms with E-state index in [1.54, 1.807) is 0 Å². The Hall–Kier alpha value is -0.260. The van der Waals surface area contributed by atoms with Gasteiger partial charge in [-0.1, -0.05) is 20.8 Å². The lowest BCUT2D eigenvalue weighted by atomic mass is 9.86. The Kier molecular flexibility index (Phi) is 4.59. The first kappa shape index (κ1) is 11.7. The number of carbonyl (C=O) groups excluding carboxylic acids is 1. The summed E-state index contributed by atoms with van der Waals surface area (Å²) in [5.41, 5.74) is -0.235. The van der Waals surface area contributed by atoms with Gasteiger partial charge in [0.2, 0.25) is 0 Å². The molecule has 0 heterocycles. The number of carbonyl (C=O) groups is 1. The van der Waals surface area contributed by atoms with E-state index in [2.05, 4.69) is 4.72 Å². The fourth-order valence-corrected chi connectivity index (χ4v) is 1.47. The van der Waals surface area contributed by atoms with E-state index in [-0.39, 0.29) is 17.9 Å². The van der Waals surface area contributed by atoms with E-state index in [0.29, 0.717) is 0 Å². The molecule has 0 amide bonds. The van der Waals surface area contributed by atoms with Crippen molar-refractivity contribution >= 4 is 17.6 Å². The maximum atomic E-state index is 10.3. The third-order valence-electron chi connectivity index (χ3n) is 1.62. The van der Waals surface area contributed by atoms with Gasteiger partial charge in [0.15, 0.2) is 0 Å². The highest BCUT2D eigenvalue weighted by atomic mass is 32.2. The highest BCUT2D eigenvalue weighted by molar-refractivity contribution is 7.77. The minimum absolute atomic E-state index is 0.206. The van der Waals surface area contributed by atoms with Crippen molar-refractivity contribution < 1.29 is 13.6 Å². The lowest BCUT2D eigenvalue weighted by Gasteiger charge is -2.30. The molecule has 0 aromatic carbocycles. The largest absolute Gasteiger partial charge is 0.760 e. The van der Waals surface area contributed by atoms with Crippen LogP contribution in [-0.2, 0) is 16.1 Å². The van der Waals surface area contributed by atoms with Crippen molar-refractivity contribution in [3.8, 4) is 0 Å². The van der Waals surface area contributed by atoms with Gasteiger partial charge in [-0.05, 0) is 5.41 Å². The second kappa shape index (κ2) is 4.69. The molecule has 0 bridgehead atoms. The number of hydrogen-bond donors (Lipinski definition) is 1. The monoisotopic (exact) mass is 192 g/mol. The zero-order valence-corrected chi connectivity index (χ0v) is 8.31. The lowest BCUT2D eigenvalue weighted by Crippen LogP contribution is -2.41. The van der Waals surface area contributed by atoms with Crippen LogP contribution in [0.2, 0.25) is 0 Å². The Balaban J connectivity index is 4.22. The fourth-order valence-electron chi connectivity index (χ4n) is 0.791. The third-order valence-corrected chi connectivity index (χ3v) is 2.09. The predicted octanol–water partition coefficient (Wildman–Crippen LogP) is 0.374. The van der Waals surface area contributed by atoms with Crippen molar-refractivity contribution in [1.82, 2.24) is 4.72 Å². The number of hydrogen-bond acceptors (Lipinski definition) is 3. The molecule has 0 radical (unpaired) electrons. The van der Waals surface area contributed by atoms with Gasteiger partial charge >= 0.3 is 0 Å². The van der Waals surface area contributed by atoms with Crippen LogP contribution in [0.15, 0.2) is 0 Å². The first-order valence-electron chi connectivity index (χ1n) is 3.67. The Morgan fingerprint density at radius 1 is 1.58 bits per heavy atom. The molecule has 0 aliphatic heterocycles. The van der Waals surface area contributed by atoms with E-state index in [9.17, 15) is 13.6 Å². The van der Waals surface area contributed by atoms with Crippen molar-refractivity contribution in [2.45, 2.75) is 33.2 Å². The van der Waals surface area contributed by atoms with Gasteiger partial charge in [0.1, 0.15) is 6.29 Å². The summed E-state index contributed by atoms with van der Waals surface area (Å²) in [6.45, 7) is 5.63. The van der Waals surface area contributed by atoms with Crippen LogP contribution in [0.1, 0.15) is 27.2 Å². The summed E-state index contributed by atoms with van der Waals surface area (Å²) in [6.07, 6.45) is 0.924. The maximum absolute atomic E-state index is 10.3. The van der Waals surface area contributed by atoms with Crippen molar-refractivity contribution in [2.75, 3.05) is 0 Å². The van der Waals surface area contributed by atoms with Crippen LogP contribution in [-0.4, -0.2) is 21.1 Å². The van der Waals surface area contributed by atoms with E-state index < -0.39 is 11.3 Å². The summed E-state index contributed by atoms with van der Waals surface area (Å²) in [6, 6.07) is -0.326. The van der Waals surface area contributed by atoms with Crippen LogP contribution >= 0.6 is 0 Å². The topological polar surface area (TPSA) is 69.2 Å². The molecule has 4 nitrogen and oxygen atoms in total. The average molecular weight is 192 g/mol. The number of rotatable bonds is 4. The molecule has 2 atom stereocenters. The quantitative estimate of drug-likeness (QED) is 0.517. The van der Waals surface area contributed by atoms with Gasteiger partial charge in [-0.3, -0.25) is 4.21 Å². The summed E-state index contributed by atoms with van der Waals surface area (Å²) in [7, 11) is 0.